The van der Waals surface area contributed by atoms with Crippen LogP contribution in [-0.2, 0) is 10.8 Å². The van der Waals surface area contributed by atoms with Crippen molar-refractivity contribution in [2.75, 3.05) is 6.54 Å². The lowest BCUT2D eigenvalue weighted by molar-refractivity contribution is 0.286. The van der Waals surface area contributed by atoms with Crippen molar-refractivity contribution in [3.05, 3.63) is 17.5 Å². The second-order valence-corrected chi connectivity index (χ2v) is 8.25. The summed E-state index contributed by atoms with van der Waals surface area (Å²) in [6.45, 7) is 5.37. The topological polar surface area (TPSA) is 29.1 Å². The van der Waals surface area contributed by atoms with E-state index in [1.54, 1.807) is 11.3 Å². The quantitative estimate of drug-likeness (QED) is 0.865. The molecule has 4 unspecified atom stereocenters. The van der Waals surface area contributed by atoms with Crippen molar-refractivity contribution in [2.24, 2.45) is 5.92 Å². The maximum atomic E-state index is 12.8. The van der Waals surface area contributed by atoms with Gasteiger partial charge in [0, 0.05) is 6.04 Å². The molecule has 1 aromatic heterocycles. The molecule has 1 aliphatic rings. The highest BCUT2D eigenvalue weighted by Gasteiger charge is 2.34. The van der Waals surface area contributed by atoms with E-state index in [1.165, 1.54) is 25.7 Å². The molecule has 0 bridgehead atoms. The molecule has 2 rings (SSSR count). The molecule has 4 heteroatoms. The molecular weight excluding hydrogens is 274 g/mol. The molecule has 0 radical (unpaired) electrons. The molecule has 19 heavy (non-hydrogen) atoms. The van der Waals surface area contributed by atoms with Gasteiger partial charge in [0.2, 0.25) is 0 Å². The van der Waals surface area contributed by atoms with Gasteiger partial charge in [-0.1, -0.05) is 32.8 Å². The summed E-state index contributed by atoms with van der Waals surface area (Å²) in [6, 6.07) is 4.46. The monoisotopic (exact) mass is 299 g/mol. The molecule has 1 saturated carbocycles. The zero-order valence-electron chi connectivity index (χ0n) is 11.9. The van der Waals surface area contributed by atoms with E-state index in [0.717, 1.165) is 23.1 Å². The minimum atomic E-state index is -0.839. The first kappa shape index (κ1) is 15.2. The van der Waals surface area contributed by atoms with E-state index < -0.39 is 10.8 Å². The summed E-state index contributed by atoms with van der Waals surface area (Å²) in [5.41, 5.74) is 0. The van der Waals surface area contributed by atoms with Crippen molar-refractivity contribution in [3.63, 3.8) is 0 Å². The van der Waals surface area contributed by atoms with Crippen molar-refractivity contribution >= 4 is 22.1 Å². The SMILES string of the molecule is CCCC1CCC(NCC)C(S(=O)c2cccs2)C1. The smallest absolute Gasteiger partial charge is 0.0914 e. The van der Waals surface area contributed by atoms with Crippen LogP contribution < -0.4 is 5.32 Å². The van der Waals surface area contributed by atoms with Crippen LogP contribution in [-0.4, -0.2) is 22.0 Å². The third-order valence-corrected chi connectivity index (χ3v) is 7.08. The van der Waals surface area contributed by atoms with Crippen LogP contribution in [0, 0.1) is 5.92 Å². The summed E-state index contributed by atoms with van der Waals surface area (Å²) in [4.78, 5) is 0. The van der Waals surface area contributed by atoms with E-state index in [-0.39, 0.29) is 0 Å². The highest BCUT2D eigenvalue weighted by atomic mass is 32.2. The number of rotatable bonds is 6. The lowest BCUT2D eigenvalue weighted by Crippen LogP contribution is -2.46. The molecule has 0 aromatic carbocycles. The minimum absolute atomic E-state index is 0.295. The number of hydrogen-bond donors (Lipinski definition) is 1. The van der Waals surface area contributed by atoms with Crippen molar-refractivity contribution < 1.29 is 4.21 Å². The molecule has 0 amide bonds. The van der Waals surface area contributed by atoms with E-state index in [9.17, 15) is 4.21 Å². The van der Waals surface area contributed by atoms with Gasteiger partial charge in [-0.15, -0.1) is 11.3 Å². The van der Waals surface area contributed by atoms with Crippen LogP contribution in [0.2, 0.25) is 0 Å². The second-order valence-electron chi connectivity index (χ2n) is 5.40. The third-order valence-electron chi connectivity index (χ3n) is 4.03. The van der Waals surface area contributed by atoms with Crippen molar-refractivity contribution in [1.82, 2.24) is 5.32 Å². The maximum absolute atomic E-state index is 12.8. The Morgan fingerprint density at radius 1 is 1.42 bits per heavy atom. The first-order valence-electron chi connectivity index (χ1n) is 7.43. The lowest BCUT2D eigenvalue weighted by Gasteiger charge is -2.35. The maximum Gasteiger partial charge on any atom is 0.0914 e. The lowest BCUT2D eigenvalue weighted by atomic mass is 9.83. The van der Waals surface area contributed by atoms with Crippen LogP contribution in [0.5, 0.6) is 0 Å². The zero-order valence-corrected chi connectivity index (χ0v) is 13.6. The summed E-state index contributed by atoms with van der Waals surface area (Å²) in [5.74, 6) is 0.772. The van der Waals surface area contributed by atoms with Crippen molar-refractivity contribution in [3.8, 4) is 0 Å². The Morgan fingerprint density at radius 3 is 2.89 bits per heavy atom. The second kappa shape index (κ2) is 7.55. The molecular formula is C15H25NOS2. The van der Waals surface area contributed by atoms with Crippen LogP contribution in [0.4, 0.5) is 0 Å². The summed E-state index contributed by atoms with van der Waals surface area (Å²) < 4.78 is 13.8. The molecule has 1 N–H and O–H groups in total. The average molecular weight is 300 g/mol. The number of thiophene rings is 1. The summed E-state index contributed by atoms with van der Waals surface area (Å²) >= 11 is 1.63. The van der Waals surface area contributed by atoms with Gasteiger partial charge < -0.3 is 5.32 Å². The van der Waals surface area contributed by atoms with Crippen molar-refractivity contribution in [2.45, 2.75) is 61.5 Å². The fourth-order valence-electron chi connectivity index (χ4n) is 3.14. The van der Waals surface area contributed by atoms with Crippen LogP contribution in [0.1, 0.15) is 46.0 Å². The molecule has 0 aliphatic heterocycles. The molecule has 2 nitrogen and oxygen atoms in total. The van der Waals surface area contributed by atoms with E-state index in [2.05, 4.69) is 19.2 Å². The van der Waals surface area contributed by atoms with Gasteiger partial charge in [-0.05, 0) is 43.2 Å². The highest BCUT2D eigenvalue weighted by Crippen LogP contribution is 2.33. The van der Waals surface area contributed by atoms with Crippen LogP contribution in [0.3, 0.4) is 0 Å². The van der Waals surface area contributed by atoms with Gasteiger partial charge in [0.15, 0.2) is 0 Å². The largest absolute Gasteiger partial charge is 0.313 e. The Hall–Kier alpha value is -0.190. The Morgan fingerprint density at radius 2 is 2.26 bits per heavy atom. The molecule has 4 atom stereocenters. The number of hydrogen-bond acceptors (Lipinski definition) is 3. The van der Waals surface area contributed by atoms with Gasteiger partial charge in [-0.25, -0.2) is 0 Å². The molecule has 1 aliphatic carbocycles. The predicted octanol–water partition coefficient (Wildman–Crippen LogP) is 3.80. The standard InChI is InChI=1S/C15H25NOS2/c1-3-6-12-8-9-13(16-4-2)14(11-12)19(17)15-7-5-10-18-15/h5,7,10,12-14,16H,3-4,6,8-9,11H2,1-2H3. The molecule has 108 valence electrons. The Labute approximate surface area is 123 Å². The average Bonchev–Trinajstić information content (AvgIpc) is 2.94. The molecule has 1 aromatic rings. The summed E-state index contributed by atoms with van der Waals surface area (Å²) in [7, 11) is -0.839. The molecule has 0 spiro atoms. The van der Waals surface area contributed by atoms with Gasteiger partial charge in [0.05, 0.1) is 20.3 Å². The van der Waals surface area contributed by atoms with E-state index in [4.69, 9.17) is 0 Å². The summed E-state index contributed by atoms with van der Waals surface area (Å²) in [6.07, 6.45) is 6.13. The minimum Gasteiger partial charge on any atom is -0.313 e. The fourth-order valence-corrected chi connectivity index (χ4v) is 6.00. The van der Waals surface area contributed by atoms with Gasteiger partial charge in [-0.2, -0.15) is 0 Å². The molecule has 1 heterocycles. The van der Waals surface area contributed by atoms with Crippen LogP contribution in [0.25, 0.3) is 0 Å². The Kier molecular flexibility index (Phi) is 6.05. The molecule has 0 saturated heterocycles. The van der Waals surface area contributed by atoms with Gasteiger partial charge in [-0.3, -0.25) is 4.21 Å². The predicted molar refractivity (Wildman–Crippen MR) is 84.2 cm³/mol. The Balaban J connectivity index is 2.08. The first-order chi connectivity index (χ1) is 9.26. The number of nitrogens with one attached hydrogen (secondary N) is 1. The Bertz CT molecular complexity index is 391. The fraction of sp³-hybridized carbons (Fsp3) is 0.733. The molecule has 1 fully saturated rings. The van der Waals surface area contributed by atoms with Crippen molar-refractivity contribution in [1.29, 1.82) is 0 Å². The van der Waals surface area contributed by atoms with Gasteiger partial charge in [0.25, 0.3) is 0 Å². The normalized spacial score (nSPS) is 29.3. The van der Waals surface area contributed by atoms with E-state index in [1.807, 2.05) is 17.5 Å². The van der Waals surface area contributed by atoms with E-state index >= 15 is 0 Å². The highest BCUT2D eigenvalue weighted by molar-refractivity contribution is 7.88. The van der Waals surface area contributed by atoms with Gasteiger partial charge in [0.1, 0.15) is 0 Å². The van der Waals surface area contributed by atoms with E-state index in [0.29, 0.717) is 11.3 Å². The third kappa shape index (κ3) is 3.89. The van der Waals surface area contributed by atoms with Crippen LogP contribution in [0.15, 0.2) is 21.7 Å². The first-order valence-corrected chi connectivity index (χ1v) is 9.53. The zero-order chi connectivity index (χ0) is 13.7. The van der Waals surface area contributed by atoms with Gasteiger partial charge >= 0.3 is 0 Å². The summed E-state index contributed by atoms with van der Waals surface area (Å²) in [5, 5.41) is 5.88. The van der Waals surface area contributed by atoms with Crippen LogP contribution >= 0.6 is 11.3 Å².